The third-order valence-electron chi connectivity index (χ3n) is 3.52. The van der Waals surface area contributed by atoms with Gasteiger partial charge in [0.1, 0.15) is 11.5 Å². The van der Waals surface area contributed by atoms with E-state index in [4.69, 9.17) is 0 Å². The summed E-state index contributed by atoms with van der Waals surface area (Å²) in [5, 5.41) is 7.82. The van der Waals surface area contributed by atoms with Crippen LogP contribution in [0.1, 0.15) is 18.4 Å². The van der Waals surface area contributed by atoms with Crippen LogP contribution in [-0.2, 0) is 4.74 Å². The summed E-state index contributed by atoms with van der Waals surface area (Å²) >= 11 is 0. The van der Waals surface area contributed by atoms with E-state index in [0.717, 1.165) is 0 Å². The summed E-state index contributed by atoms with van der Waals surface area (Å²) in [5.41, 5.74) is 2.03. The van der Waals surface area contributed by atoms with Crippen molar-refractivity contribution >= 4 is 11.3 Å². The fourth-order valence-electron chi connectivity index (χ4n) is 2.63. The summed E-state index contributed by atoms with van der Waals surface area (Å²) in [4.78, 5) is 0. The van der Waals surface area contributed by atoms with Crippen LogP contribution >= 0.6 is 0 Å². The van der Waals surface area contributed by atoms with Crippen molar-refractivity contribution < 1.29 is 27.0 Å². The van der Waals surface area contributed by atoms with Crippen molar-refractivity contribution in [1.82, 2.24) is 0 Å². The molecule has 0 radical (unpaired) electrons. The number of halogens is 4. The Morgan fingerprint density at radius 3 is 2.58 bits per heavy atom. The maximum absolute atomic E-state index is 12.6. The third-order valence-corrected chi connectivity index (χ3v) is 3.52. The number of nitrogens with zero attached hydrogens (tertiary/aromatic N) is 2. The molecule has 4 nitrogen and oxygen atoms in total. The highest BCUT2D eigenvalue weighted by molar-refractivity contribution is 5.82. The first-order valence-corrected chi connectivity index (χ1v) is 7.09. The van der Waals surface area contributed by atoms with Crippen molar-refractivity contribution in [3.05, 3.63) is 53.4 Å². The molecular weight excluding hydrogens is 328 g/mol. The Bertz CT molecular complexity index is 754. The highest BCUT2D eigenvalue weighted by Gasteiger charge is 2.23. The minimum atomic E-state index is -2.96. The Labute approximate surface area is 134 Å². The second-order valence-electron chi connectivity index (χ2n) is 4.97. The molecular formula is C16H12F4N2O2. The Hall–Kier alpha value is -2.64. The van der Waals surface area contributed by atoms with Crippen LogP contribution in [0.25, 0.3) is 5.57 Å². The van der Waals surface area contributed by atoms with Gasteiger partial charge in [-0.2, -0.15) is 27.8 Å². The monoisotopic (exact) mass is 340 g/mol. The van der Waals surface area contributed by atoms with Gasteiger partial charge in [-0.05, 0) is 48.8 Å². The van der Waals surface area contributed by atoms with E-state index in [-0.39, 0.29) is 11.5 Å². The fraction of sp³-hybridized carbons (Fsp3) is 0.250. The zero-order chi connectivity index (χ0) is 17.1. The summed E-state index contributed by atoms with van der Waals surface area (Å²) < 4.78 is 59.1. The molecule has 1 aromatic rings. The Balaban J connectivity index is 2.09. The molecule has 0 unspecified atom stereocenters. The van der Waals surface area contributed by atoms with E-state index >= 15 is 0 Å². The number of benzene rings is 1. The van der Waals surface area contributed by atoms with Gasteiger partial charge < -0.3 is 9.47 Å². The molecule has 1 heterocycles. The number of hydrogen-bond acceptors (Lipinski definition) is 4. The molecule has 24 heavy (non-hydrogen) atoms. The SMILES string of the molecule is FC(F)OC1=CCCC2=C1C=CN=Nc1ccc(OC(F)F)cc12. The van der Waals surface area contributed by atoms with E-state index in [9.17, 15) is 17.6 Å². The van der Waals surface area contributed by atoms with E-state index in [0.29, 0.717) is 35.2 Å². The van der Waals surface area contributed by atoms with Crippen LogP contribution in [0.15, 0.2) is 58.1 Å². The molecule has 1 aliphatic heterocycles. The Morgan fingerprint density at radius 1 is 1.04 bits per heavy atom. The highest BCUT2D eigenvalue weighted by atomic mass is 19.3. The lowest BCUT2D eigenvalue weighted by Crippen LogP contribution is -2.08. The zero-order valence-electron chi connectivity index (χ0n) is 12.3. The number of hydrogen-bond donors (Lipinski definition) is 0. The molecule has 2 aliphatic rings. The summed E-state index contributed by atoms with van der Waals surface area (Å²) in [6.45, 7) is -5.92. The van der Waals surface area contributed by atoms with Crippen LogP contribution < -0.4 is 4.74 Å². The van der Waals surface area contributed by atoms with E-state index < -0.39 is 13.2 Å². The lowest BCUT2D eigenvalue weighted by Gasteiger charge is -2.22. The van der Waals surface area contributed by atoms with Crippen molar-refractivity contribution in [2.24, 2.45) is 10.2 Å². The molecule has 0 spiro atoms. The van der Waals surface area contributed by atoms with Crippen LogP contribution in [0.5, 0.6) is 5.75 Å². The molecule has 0 saturated carbocycles. The van der Waals surface area contributed by atoms with E-state index in [2.05, 4.69) is 19.7 Å². The van der Waals surface area contributed by atoms with Gasteiger partial charge in [0.15, 0.2) is 0 Å². The predicted molar refractivity (Wildman–Crippen MR) is 78.1 cm³/mol. The van der Waals surface area contributed by atoms with Gasteiger partial charge in [-0.25, -0.2) is 0 Å². The molecule has 0 N–H and O–H groups in total. The van der Waals surface area contributed by atoms with Crippen molar-refractivity contribution in [3.8, 4) is 5.75 Å². The maximum atomic E-state index is 12.6. The highest BCUT2D eigenvalue weighted by Crippen LogP contribution is 2.41. The molecule has 0 saturated heterocycles. The minimum absolute atomic E-state index is 0.0331. The quantitative estimate of drug-likeness (QED) is 0.673. The van der Waals surface area contributed by atoms with Gasteiger partial charge in [-0.15, -0.1) is 0 Å². The summed E-state index contributed by atoms with van der Waals surface area (Å²) in [7, 11) is 0. The lowest BCUT2D eigenvalue weighted by atomic mass is 9.89. The summed E-state index contributed by atoms with van der Waals surface area (Å²) in [5.74, 6) is -0.00744. The molecule has 0 aromatic heterocycles. The van der Waals surface area contributed by atoms with Gasteiger partial charge in [0.05, 0.1) is 11.9 Å². The third kappa shape index (κ3) is 3.47. The van der Waals surface area contributed by atoms with Gasteiger partial charge in [-0.1, -0.05) is 0 Å². The second kappa shape index (κ2) is 6.86. The number of azo groups is 1. The number of ether oxygens (including phenoxy) is 2. The normalized spacial score (nSPS) is 16.5. The van der Waals surface area contributed by atoms with Crippen molar-refractivity contribution in [2.45, 2.75) is 26.1 Å². The smallest absolute Gasteiger partial charge is 0.387 e. The van der Waals surface area contributed by atoms with Crippen LogP contribution in [-0.4, -0.2) is 13.2 Å². The van der Waals surface area contributed by atoms with Gasteiger partial charge in [0.2, 0.25) is 0 Å². The van der Waals surface area contributed by atoms with Crippen LogP contribution in [0.3, 0.4) is 0 Å². The summed E-state index contributed by atoms with van der Waals surface area (Å²) in [6, 6.07) is 4.25. The van der Waals surface area contributed by atoms with E-state index in [1.807, 2.05) is 0 Å². The average molecular weight is 340 g/mol. The standard InChI is InChI=1S/C16H12F4N2O2/c17-15(18)23-9-4-5-13-12(8-9)10-2-1-3-14(24-16(19)20)11(10)6-7-21-22-13/h3-8,15-16H,1-2H2. The fourth-order valence-corrected chi connectivity index (χ4v) is 2.63. The molecule has 0 fully saturated rings. The Kier molecular flexibility index (Phi) is 4.64. The maximum Gasteiger partial charge on any atom is 0.387 e. The first-order valence-electron chi connectivity index (χ1n) is 7.09. The average Bonchev–Trinajstić information content (AvgIpc) is 2.50. The first-order chi connectivity index (χ1) is 11.5. The number of fused-ring (bicyclic) bond motifs is 2. The number of alkyl halides is 4. The first kappa shape index (κ1) is 16.2. The van der Waals surface area contributed by atoms with Gasteiger partial charge in [0, 0.05) is 11.1 Å². The molecule has 8 heteroatoms. The van der Waals surface area contributed by atoms with E-state index in [1.165, 1.54) is 30.5 Å². The molecule has 3 rings (SSSR count). The van der Waals surface area contributed by atoms with E-state index in [1.54, 1.807) is 6.08 Å². The largest absolute Gasteiger partial charge is 0.435 e. The van der Waals surface area contributed by atoms with Crippen LogP contribution in [0.2, 0.25) is 0 Å². The van der Waals surface area contributed by atoms with Crippen molar-refractivity contribution in [2.75, 3.05) is 0 Å². The molecule has 1 aliphatic carbocycles. The van der Waals surface area contributed by atoms with Crippen molar-refractivity contribution in [1.29, 1.82) is 0 Å². The number of rotatable bonds is 4. The zero-order valence-corrected chi connectivity index (χ0v) is 12.3. The topological polar surface area (TPSA) is 43.2 Å². The minimum Gasteiger partial charge on any atom is -0.435 e. The molecule has 1 aromatic carbocycles. The Morgan fingerprint density at radius 2 is 1.83 bits per heavy atom. The molecule has 0 atom stereocenters. The van der Waals surface area contributed by atoms with Crippen LogP contribution in [0, 0.1) is 0 Å². The van der Waals surface area contributed by atoms with Gasteiger partial charge >= 0.3 is 13.2 Å². The second-order valence-corrected chi connectivity index (χ2v) is 4.97. The molecule has 0 bridgehead atoms. The number of allylic oxidation sites excluding steroid dienone is 3. The van der Waals surface area contributed by atoms with Gasteiger partial charge in [0.25, 0.3) is 0 Å². The van der Waals surface area contributed by atoms with Crippen molar-refractivity contribution in [3.63, 3.8) is 0 Å². The lowest BCUT2D eigenvalue weighted by molar-refractivity contribution is -0.0933. The van der Waals surface area contributed by atoms with Crippen LogP contribution in [0.4, 0.5) is 23.2 Å². The molecule has 126 valence electrons. The van der Waals surface area contributed by atoms with Gasteiger partial charge in [-0.3, -0.25) is 0 Å². The summed E-state index contributed by atoms with van der Waals surface area (Å²) in [6.07, 6.45) is 5.44. The molecule has 0 amide bonds. The predicted octanol–water partition coefficient (Wildman–Crippen LogP) is 5.57.